The second-order valence-electron chi connectivity index (χ2n) is 5.42. The van der Waals surface area contributed by atoms with Gasteiger partial charge in [0.2, 0.25) is 0 Å². The minimum absolute atomic E-state index is 0.0147. The van der Waals surface area contributed by atoms with Gasteiger partial charge in [-0.3, -0.25) is 4.79 Å². The molecule has 2 aromatic rings. The first-order chi connectivity index (χ1) is 10.7. The van der Waals surface area contributed by atoms with Crippen molar-refractivity contribution in [3.63, 3.8) is 0 Å². The third-order valence-electron chi connectivity index (χ3n) is 3.74. The maximum Gasteiger partial charge on any atom is 0.255 e. The Balaban J connectivity index is 1.60. The molecule has 1 saturated heterocycles. The molecule has 1 amide bonds. The Kier molecular flexibility index (Phi) is 3.80. The Labute approximate surface area is 129 Å². The molecular weight excluding hydrogens is 276 g/mol. The number of rotatable bonds is 3. The Bertz CT molecular complexity index is 725. The van der Waals surface area contributed by atoms with Gasteiger partial charge in [-0.2, -0.15) is 5.26 Å². The maximum absolute atomic E-state index is 12.4. The number of carbonyl (C=O) groups is 1. The van der Waals surface area contributed by atoms with Crippen LogP contribution < -0.4 is 4.74 Å². The number of aryl methyl sites for hydroxylation is 1. The highest BCUT2D eigenvalue weighted by atomic mass is 16.5. The summed E-state index contributed by atoms with van der Waals surface area (Å²) in [5, 5.41) is 9.06. The van der Waals surface area contributed by atoms with Crippen LogP contribution in [0, 0.1) is 18.3 Å². The van der Waals surface area contributed by atoms with Gasteiger partial charge < -0.3 is 9.64 Å². The molecule has 0 saturated carbocycles. The lowest BCUT2D eigenvalue weighted by Gasteiger charge is -2.39. The van der Waals surface area contributed by atoms with Crippen molar-refractivity contribution in [1.82, 2.24) is 4.90 Å². The first-order valence-electron chi connectivity index (χ1n) is 7.19. The lowest BCUT2D eigenvalue weighted by atomic mass is 10.0. The summed E-state index contributed by atoms with van der Waals surface area (Å²) in [6.07, 6.45) is 0.0147. The van der Waals surface area contributed by atoms with Crippen molar-refractivity contribution in [2.24, 2.45) is 0 Å². The van der Waals surface area contributed by atoms with E-state index < -0.39 is 0 Å². The van der Waals surface area contributed by atoms with Crippen molar-refractivity contribution in [3.05, 3.63) is 65.2 Å². The number of amides is 1. The van der Waals surface area contributed by atoms with Crippen LogP contribution in [-0.4, -0.2) is 30.0 Å². The van der Waals surface area contributed by atoms with Crippen LogP contribution in [-0.2, 0) is 0 Å². The molecule has 3 rings (SSSR count). The van der Waals surface area contributed by atoms with E-state index in [0.717, 1.165) is 5.75 Å². The highest BCUT2D eigenvalue weighted by molar-refractivity contribution is 5.97. The second kappa shape index (κ2) is 5.90. The fourth-order valence-electron chi connectivity index (χ4n) is 2.43. The summed E-state index contributed by atoms with van der Waals surface area (Å²) in [5.74, 6) is 0.709. The molecule has 4 nitrogen and oxygen atoms in total. The SMILES string of the molecule is Cc1ccc(OC2CN(C(=O)c3ccccc3C#N)C2)cc1. The van der Waals surface area contributed by atoms with Crippen molar-refractivity contribution in [1.29, 1.82) is 5.26 Å². The van der Waals surface area contributed by atoms with Crippen molar-refractivity contribution in [3.8, 4) is 11.8 Å². The zero-order valence-electron chi connectivity index (χ0n) is 12.3. The highest BCUT2D eigenvalue weighted by Crippen LogP contribution is 2.21. The molecule has 110 valence electrons. The van der Waals surface area contributed by atoms with Crippen LogP contribution in [0.1, 0.15) is 21.5 Å². The first-order valence-corrected chi connectivity index (χ1v) is 7.19. The molecule has 2 aromatic carbocycles. The van der Waals surface area contributed by atoms with Gasteiger partial charge in [-0.05, 0) is 31.2 Å². The molecule has 1 aliphatic rings. The molecule has 0 atom stereocenters. The second-order valence-corrected chi connectivity index (χ2v) is 5.42. The predicted octanol–water partition coefficient (Wildman–Crippen LogP) is 2.77. The van der Waals surface area contributed by atoms with E-state index in [1.807, 2.05) is 31.2 Å². The van der Waals surface area contributed by atoms with E-state index in [0.29, 0.717) is 24.2 Å². The summed E-state index contributed by atoms with van der Waals surface area (Å²) >= 11 is 0. The third kappa shape index (κ3) is 2.79. The van der Waals surface area contributed by atoms with Crippen LogP contribution in [0.15, 0.2) is 48.5 Å². The number of hydrogen-bond acceptors (Lipinski definition) is 3. The number of carbonyl (C=O) groups excluding carboxylic acids is 1. The van der Waals surface area contributed by atoms with E-state index in [9.17, 15) is 4.79 Å². The quantitative estimate of drug-likeness (QED) is 0.874. The van der Waals surface area contributed by atoms with E-state index >= 15 is 0 Å². The fourth-order valence-corrected chi connectivity index (χ4v) is 2.43. The number of hydrogen-bond donors (Lipinski definition) is 0. The molecule has 0 aromatic heterocycles. The Hall–Kier alpha value is -2.80. The van der Waals surface area contributed by atoms with E-state index in [1.54, 1.807) is 29.2 Å². The first kappa shape index (κ1) is 14.2. The van der Waals surface area contributed by atoms with Crippen LogP contribution >= 0.6 is 0 Å². The van der Waals surface area contributed by atoms with Crippen LogP contribution in [0.2, 0.25) is 0 Å². The Morgan fingerprint density at radius 2 is 1.86 bits per heavy atom. The zero-order chi connectivity index (χ0) is 15.5. The summed E-state index contributed by atoms with van der Waals surface area (Å²) in [6.45, 7) is 3.12. The van der Waals surface area contributed by atoms with Gasteiger partial charge in [0, 0.05) is 0 Å². The summed E-state index contributed by atoms with van der Waals surface area (Å²) in [7, 11) is 0. The Morgan fingerprint density at radius 1 is 1.18 bits per heavy atom. The molecular formula is C18H16N2O2. The van der Waals surface area contributed by atoms with Gasteiger partial charge in [-0.15, -0.1) is 0 Å². The maximum atomic E-state index is 12.4. The fraction of sp³-hybridized carbons (Fsp3) is 0.222. The smallest absolute Gasteiger partial charge is 0.255 e. The lowest BCUT2D eigenvalue weighted by Crippen LogP contribution is -2.56. The monoisotopic (exact) mass is 292 g/mol. The van der Waals surface area contributed by atoms with E-state index in [4.69, 9.17) is 10.00 Å². The van der Waals surface area contributed by atoms with Gasteiger partial charge in [0.15, 0.2) is 0 Å². The largest absolute Gasteiger partial charge is 0.487 e. The number of likely N-dealkylation sites (tertiary alicyclic amines) is 1. The molecule has 0 radical (unpaired) electrons. The molecule has 0 spiro atoms. The van der Waals surface area contributed by atoms with Crippen molar-refractivity contribution < 1.29 is 9.53 Å². The van der Waals surface area contributed by atoms with Gasteiger partial charge in [0.05, 0.1) is 30.3 Å². The number of nitrogens with zero attached hydrogens (tertiary/aromatic N) is 2. The standard InChI is InChI=1S/C18H16N2O2/c1-13-6-8-15(9-7-13)22-16-11-20(12-16)18(21)17-5-3-2-4-14(17)10-19/h2-9,16H,11-12H2,1H3. The third-order valence-corrected chi connectivity index (χ3v) is 3.74. The number of benzene rings is 2. The lowest BCUT2D eigenvalue weighted by molar-refractivity contribution is 0.0177. The van der Waals surface area contributed by atoms with Gasteiger partial charge in [-0.1, -0.05) is 29.8 Å². The highest BCUT2D eigenvalue weighted by Gasteiger charge is 2.33. The summed E-state index contributed by atoms with van der Waals surface area (Å²) < 4.78 is 5.82. The molecule has 1 heterocycles. The summed E-state index contributed by atoms with van der Waals surface area (Å²) in [5.41, 5.74) is 2.06. The minimum atomic E-state index is -0.110. The molecule has 4 heteroatoms. The zero-order valence-corrected chi connectivity index (χ0v) is 12.3. The van der Waals surface area contributed by atoms with E-state index in [-0.39, 0.29) is 12.0 Å². The average Bonchev–Trinajstić information content (AvgIpc) is 2.51. The minimum Gasteiger partial charge on any atom is -0.487 e. The molecule has 0 bridgehead atoms. The van der Waals surface area contributed by atoms with Gasteiger partial charge in [0.25, 0.3) is 5.91 Å². The van der Waals surface area contributed by atoms with Crippen molar-refractivity contribution >= 4 is 5.91 Å². The molecule has 1 fully saturated rings. The normalized spacial score (nSPS) is 14.1. The molecule has 1 aliphatic heterocycles. The van der Waals surface area contributed by atoms with E-state index in [2.05, 4.69) is 6.07 Å². The van der Waals surface area contributed by atoms with Gasteiger partial charge in [0.1, 0.15) is 11.9 Å². The van der Waals surface area contributed by atoms with Gasteiger partial charge >= 0.3 is 0 Å². The van der Waals surface area contributed by atoms with Crippen LogP contribution in [0.5, 0.6) is 5.75 Å². The van der Waals surface area contributed by atoms with Gasteiger partial charge in [-0.25, -0.2) is 0 Å². The van der Waals surface area contributed by atoms with Crippen LogP contribution in [0.3, 0.4) is 0 Å². The van der Waals surface area contributed by atoms with Crippen molar-refractivity contribution in [2.45, 2.75) is 13.0 Å². The van der Waals surface area contributed by atoms with E-state index in [1.165, 1.54) is 5.56 Å². The molecule has 0 N–H and O–H groups in total. The average molecular weight is 292 g/mol. The number of ether oxygens (including phenoxy) is 1. The van der Waals surface area contributed by atoms with Crippen molar-refractivity contribution in [2.75, 3.05) is 13.1 Å². The van der Waals surface area contributed by atoms with Crippen LogP contribution in [0.25, 0.3) is 0 Å². The summed E-state index contributed by atoms with van der Waals surface area (Å²) in [6, 6.07) is 16.8. The molecule has 0 unspecified atom stereocenters. The predicted molar refractivity (Wildman–Crippen MR) is 82.7 cm³/mol. The Morgan fingerprint density at radius 3 is 2.55 bits per heavy atom. The topological polar surface area (TPSA) is 53.3 Å². The molecule has 22 heavy (non-hydrogen) atoms. The summed E-state index contributed by atoms with van der Waals surface area (Å²) in [4.78, 5) is 14.1. The number of nitriles is 1. The van der Waals surface area contributed by atoms with Crippen LogP contribution in [0.4, 0.5) is 0 Å². The molecule has 0 aliphatic carbocycles.